The summed E-state index contributed by atoms with van der Waals surface area (Å²) in [6.07, 6.45) is 0. The first-order valence-electron chi connectivity index (χ1n) is 1.98. The van der Waals surface area contributed by atoms with Crippen molar-refractivity contribution >= 4 is 5.97 Å². The van der Waals surface area contributed by atoms with Gasteiger partial charge in [0.15, 0.2) is 0 Å². The minimum absolute atomic E-state index is 0. The van der Waals surface area contributed by atoms with Crippen LogP contribution >= 0.6 is 0 Å². The van der Waals surface area contributed by atoms with Crippen LogP contribution in [0.4, 0.5) is 0 Å². The van der Waals surface area contributed by atoms with Crippen LogP contribution in [-0.4, -0.2) is 5.97 Å². The van der Waals surface area contributed by atoms with Gasteiger partial charge in [-0.3, -0.25) is 0 Å². The van der Waals surface area contributed by atoms with Crippen molar-refractivity contribution in [2.24, 2.45) is 0 Å². The molecule has 6 heteroatoms. The average Bonchev–Trinajstić information content (AvgIpc) is 1.91. The van der Waals surface area contributed by atoms with Crippen LogP contribution < -0.4 is 24.0 Å². The Labute approximate surface area is 109 Å². The first-order chi connectivity index (χ1) is 4.18. The Morgan fingerprint density at radius 3 is 1.90 bits per heavy atom. The van der Waals surface area contributed by atoms with Crippen LogP contribution in [0, 0.1) is 33.7 Å². The summed E-state index contributed by atoms with van der Waals surface area (Å²) in [5, 5.41) is 9.78. The van der Waals surface area contributed by atoms with Gasteiger partial charge in [0.2, 0.25) is 0 Å². The SMILES string of the molecule is CC(=[CH][La])C(=O)[O-].[Li+].[O]=[Zr]. The molecule has 0 rings (SSSR count). The van der Waals surface area contributed by atoms with Gasteiger partial charge < -0.3 is 0 Å². The third-order valence-electron chi connectivity index (χ3n) is 0.572. The molecule has 0 spiro atoms. The molecule has 0 aliphatic heterocycles. The van der Waals surface area contributed by atoms with E-state index in [1.165, 1.54) is 6.92 Å². The maximum atomic E-state index is 9.78. The third kappa shape index (κ3) is 12.4. The van der Waals surface area contributed by atoms with Crippen LogP contribution in [-0.2, 0) is 32.3 Å². The van der Waals surface area contributed by atoms with E-state index in [9.17, 15) is 9.90 Å². The summed E-state index contributed by atoms with van der Waals surface area (Å²) >= 11 is 0.914. The van der Waals surface area contributed by atoms with Crippen LogP contribution in [0.2, 0.25) is 0 Å². The molecular formula is C4H4LaLiO3Zr. The van der Waals surface area contributed by atoms with Crippen LogP contribution in [0.25, 0.3) is 0 Å². The Morgan fingerprint density at radius 1 is 1.60 bits per heavy atom. The molecule has 0 aromatic heterocycles. The van der Waals surface area contributed by atoms with Crippen molar-refractivity contribution in [3.8, 4) is 0 Å². The Balaban J connectivity index is -0.000000149. The Kier molecular flexibility index (Phi) is 23.5. The fourth-order valence-electron chi connectivity index (χ4n) is 0.0680. The second-order valence-electron chi connectivity index (χ2n) is 1.14. The molecule has 10 heavy (non-hydrogen) atoms. The van der Waals surface area contributed by atoms with E-state index < -0.39 is 5.97 Å². The van der Waals surface area contributed by atoms with Gasteiger partial charge in [0.25, 0.3) is 0 Å². The summed E-state index contributed by atoms with van der Waals surface area (Å²) in [5.74, 6) is -1.05. The zero-order valence-electron chi connectivity index (χ0n) is 5.88. The second-order valence-corrected chi connectivity index (χ2v) is 2.18. The standard InChI is InChI=1S/C4H5O2.La.Li.O.Zr/c1-3(2)4(5)6;;;;/h1H,2H3,(H,5,6);;;;/q;;+1;;/p-1. The summed E-state index contributed by atoms with van der Waals surface area (Å²) in [7, 11) is 0. The van der Waals surface area contributed by atoms with Crippen molar-refractivity contribution in [3.05, 3.63) is 8.05 Å². The average molecular weight is 337 g/mol. The van der Waals surface area contributed by atoms with Crippen molar-refractivity contribution in [3.63, 3.8) is 0 Å². The van der Waals surface area contributed by atoms with Crippen molar-refractivity contribution in [2.45, 2.75) is 6.92 Å². The number of carboxylic acid groups (broad SMARTS) is 1. The number of hydrogen-bond acceptors (Lipinski definition) is 3. The summed E-state index contributed by atoms with van der Waals surface area (Å²) < 4.78 is 10.0. The number of aliphatic carboxylic acids is 1. The Morgan fingerprint density at radius 2 is 1.90 bits per heavy atom. The van der Waals surface area contributed by atoms with E-state index in [4.69, 9.17) is 2.81 Å². The third-order valence-corrected chi connectivity index (χ3v) is 2.14. The quantitative estimate of drug-likeness (QED) is 0.363. The molecule has 0 amide bonds. The second kappa shape index (κ2) is 13.3. The molecule has 0 aliphatic carbocycles. The molecule has 0 N–H and O–H groups in total. The molecular weight excluding hydrogens is 333 g/mol. The van der Waals surface area contributed by atoms with Gasteiger partial charge in [-0.2, -0.15) is 0 Å². The van der Waals surface area contributed by atoms with Crippen molar-refractivity contribution in [2.75, 3.05) is 0 Å². The topological polar surface area (TPSA) is 57.2 Å². The van der Waals surface area contributed by atoms with E-state index in [0.29, 0.717) is 64.0 Å². The zero-order chi connectivity index (χ0) is 7.86. The van der Waals surface area contributed by atoms with Crippen molar-refractivity contribution in [1.29, 1.82) is 0 Å². The van der Waals surface area contributed by atoms with Crippen LogP contribution in [0.3, 0.4) is 0 Å². The number of rotatable bonds is 1. The molecule has 0 saturated heterocycles. The maximum absolute atomic E-state index is 9.78. The number of carbonyl (C=O) groups excluding carboxylic acids is 1. The molecule has 0 radical (unpaired) electrons. The van der Waals surface area contributed by atoms with Gasteiger partial charge in [-0.1, -0.05) is 0 Å². The van der Waals surface area contributed by atoms with Crippen LogP contribution in [0.15, 0.2) is 8.05 Å². The zero-order valence-corrected chi connectivity index (χ0v) is 12.0. The molecule has 46 valence electrons. The van der Waals surface area contributed by atoms with Crippen LogP contribution in [0.1, 0.15) is 6.92 Å². The molecule has 0 atom stereocenters. The number of hydrogen-bond donors (Lipinski definition) is 0. The molecule has 0 fully saturated rings. The molecule has 0 aliphatic rings. The van der Waals surface area contributed by atoms with Crippen molar-refractivity contribution in [1.82, 2.24) is 0 Å². The molecule has 0 aromatic carbocycles. The summed E-state index contributed by atoms with van der Waals surface area (Å²) in [4.78, 5) is 9.78. The molecule has 0 aromatic rings. The van der Waals surface area contributed by atoms with Gasteiger partial charge in [0, 0.05) is 0 Å². The predicted octanol–water partition coefficient (Wildman–Crippen LogP) is -3.93. The molecule has 0 saturated carbocycles. The fourth-order valence-corrected chi connectivity index (χ4v) is 0.495. The predicted molar refractivity (Wildman–Crippen MR) is 19.5 cm³/mol. The number of carbonyl (C=O) groups is 1. The first kappa shape index (κ1) is 17.7. The van der Waals surface area contributed by atoms with Crippen molar-refractivity contribution < 1.29 is 90.0 Å². The van der Waals surface area contributed by atoms with E-state index in [-0.39, 0.29) is 18.9 Å². The Hall–Kier alpha value is 1.69. The van der Waals surface area contributed by atoms with Gasteiger partial charge in [0.1, 0.15) is 0 Å². The first-order valence-corrected chi connectivity index (χ1v) is 5.08. The van der Waals surface area contributed by atoms with Gasteiger partial charge in [-0.25, -0.2) is 0 Å². The van der Waals surface area contributed by atoms with Crippen LogP contribution in [0.5, 0.6) is 0 Å². The van der Waals surface area contributed by atoms with Gasteiger partial charge in [-0.15, -0.1) is 0 Å². The van der Waals surface area contributed by atoms with E-state index in [0.717, 1.165) is 0 Å². The molecule has 3 nitrogen and oxygen atoms in total. The van der Waals surface area contributed by atoms with E-state index in [1.807, 2.05) is 0 Å². The molecule has 0 unspecified atom stereocenters. The van der Waals surface area contributed by atoms with E-state index in [1.54, 1.807) is 2.48 Å². The summed E-state index contributed by atoms with van der Waals surface area (Å²) in [6.45, 7) is 1.54. The van der Waals surface area contributed by atoms with E-state index >= 15 is 0 Å². The normalized spacial score (nSPS) is 8.10. The summed E-state index contributed by atoms with van der Waals surface area (Å²) in [5.41, 5.74) is 0.352. The molecule has 0 bridgehead atoms. The minimum atomic E-state index is -1.05. The summed E-state index contributed by atoms with van der Waals surface area (Å²) in [6, 6.07) is 0. The van der Waals surface area contributed by atoms with Gasteiger partial charge in [-0.05, 0) is 0 Å². The van der Waals surface area contributed by atoms with Gasteiger partial charge in [0.05, 0.1) is 0 Å². The monoisotopic (exact) mass is 336 g/mol. The molecule has 0 heterocycles. The van der Waals surface area contributed by atoms with E-state index in [2.05, 4.69) is 0 Å². The fraction of sp³-hybridized carbons (Fsp3) is 0.250. The van der Waals surface area contributed by atoms with Gasteiger partial charge >= 0.3 is 111 Å². The Bertz CT molecular complexity index is 128. The number of carboxylic acids is 1.